The number of piperidine rings is 1. The smallest absolute Gasteiger partial charge is 0.253 e. The summed E-state index contributed by atoms with van der Waals surface area (Å²) < 4.78 is 53.6. The Bertz CT molecular complexity index is 993. The van der Waals surface area contributed by atoms with Gasteiger partial charge in [0.05, 0.1) is 0 Å². The average molecular weight is 438 g/mol. The Hall–Kier alpha value is -2.13. The lowest BCUT2D eigenvalue weighted by Crippen LogP contribution is -2.50. The van der Waals surface area contributed by atoms with Crippen LogP contribution in [0.15, 0.2) is 28.6 Å². The number of carbonyl (C=O) groups excluding carboxylic acids is 1. The first-order valence-corrected chi connectivity index (χ1v) is 11.8. The average Bonchev–Trinajstić information content (AvgIpc) is 3.06. The normalized spacial score (nSPS) is 23.1. The maximum atomic E-state index is 13.8. The summed E-state index contributed by atoms with van der Waals surface area (Å²) in [6.07, 6.45) is 7.19. The van der Waals surface area contributed by atoms with E-state index in [1.54, 1.807) is 0 Å². The molecule has 0 unspecified atom stereocenters. The third kappa shape index (κ3) is 4.05. The van der Waals surface area contributed by atoms with Crippen LogP contribution in [-0.2, 0) is 14.8 Å². The van der Waals surface area contributed by atoms with Crippen LogP contribution in [0.5, 0.6) is 0 Å². The van der Waals surface area contributed by atoms with E-state index < -0.39 is 27.2 Å². The van der Waals surface area contributed by atoms with Gasteiger partial charge in [0.15, 0.2) is 11.6 Å². The summed E-state index contributed by atoms with van der Waals surface area (Å²) in [5, 5.41) is 3.83. The van der Waals surface area contributed by atoms with E-state index in [-0.39, 0.29) is 30.5 Å². The van der Waals surface area contributed by atoms with E-state index in [4.69, 9.17) is 4.99 Å². The van der Waals surface area contributed by atoms with Gasteiger partial charge in [0.1, 0.15) is 11.4 Å². The van der Waals surface area contributed by atoms with E-state index in [1.165, 1.54) is 22.9 Å². The summed E-state index contributed by atoms with van der Waals surface area (Å²) in [5.41, 5.74) is -1.03. The number of hydrogen-bond donors (Lipinski definition) is 1. The number of halogens is 2. The molecule has 162 valence electrons. The van der Waals surface area contributed by atoms with Gasteiger partial charge in [-0.05, 0) is 37.8 Å². The van der Waals surface area contributed by atoms with Crippen LogP contribution in [0.2, 0.25) is 0 Å². The second-order valence-electron chi connectivity index (χ2n) is 8.21. The lowest BCUT2D eigenvalue weighted by molar-refractivity contribution is -0.124. The van der Waals surface area contributed by atoms with E-state index in [0.717, 1.165) is 49.1 Å². The highest BCUT2D eigenvalue weighted by atomic mass is 32.2. The van der Waals surface area contributed by atoms with Gasteiger partial charge in [-0.1, -0.05) is 31.4 Å². The molecule has 2 fully saturated rings. The van der Waals surface area contributed by atoms with Gasteiger partial charge in [0.25, 0.3) is 5.91 Å². The lowest BCUT2D eigenvalue weighted by atomic mass is 9.88. The number of nitrogens with one attached hydrogen (secondary N) is 1. The van der Waals surface area contributed by atoms with Crippen molar-refractivity contribution >= 4 is 27.8 Å². The third-order valence-electron chi connectivity index (χ3n) is 6.30. The van der Waals surface area contributed by atoms with Gasteiger partial charge in [0.2, 0.25) is 10.0 Å². The number of nitrogens with zero attached hydrogens (tertiary/aromatic N) is 2. The molecule has 0 bridgehead atoms. The highest BCUT2D eigenvalue weighted by molar-refractivity contribution is 7.92. The molecule has 1 aliphatic carbocycles. The van der Waals surface area contributed by atoms with Crippen molar-refractivity contribution in [2.24, 2.45) is 10.9 Å². The number of amidine groups is 1. The summed E-state index contributed by atoms with van der Waals surface area (Å²) in [5.74, 6) is -1.22. The molecule has 0 radical (unpaired) electrons. The van der Waals surface area contributed by atoms with Crippen LogP contribution in [0.3, 0.4) is 0 Å². The van der Waals surface area contributed by atoms with Crippen molar-refractivity contribution in [2.45, 2.75) is 50.5 Å². The van der Waals surface area contributed by atoms with Crippen molar-refractivity contribution in [1.82, 2.24) is 9.62 Å². The maximum absolute atomic E-state index is 13.8. The monoisotopic (exact) mass is 437 g/mol. The van der Waals surface area contributed by atoms with Crippen LogP contribution in [0.25, 0.3) is 6.08 Å². The minimum Gasteiger partial charge on any atom is -0.312 e. The summed E-state index contributed by atoms with van der Waals surface area (Å²) in [6.45, 7) is 0.292. The standard InChI is InChI=1S/C21H25F2N3O3S/c22-17-8-4-7-15(18(17)23)9-14-30(28,29)26-12-10-21(11-13-26)20(27)24-19(25-21)16-5-2-1-3-6-16/h4,7-9,14,16H,1-3,5-6,10-13H2,(H,24,25,27). The molecule has 1 saturated carbocycles. The minimum atomic E-state index is -3.83. The van der Waals surface area contributed by atoms with Crippen molar-refractivity contribution in [3.63, 3.8) is 0 Å². The second kappa shape index (κ2) is 8.19. The van der Waals surface area contributed by atoms with Crippen molar-refractivity contribution in [1.29, 1.82) is 0 Å². The second-order valence-corrected chi connectivity index (χ2v) is 10.0. The Morgan fingerprint density at radius 1 is 1.13 bits per heavy atom. The maximum Gasteiger partial charge on any atom is 0.253 e. The molecule has 1 aromatic carbocycles. The molecular formula is C21H25F2N3O3S. The summed E-state index contributed by atoms with van der Waals surface area (Å²) in [4.78, 5) is 17.4. The molecule has 2 aliphatic heterocycles. The van der Waals surface area contributed by atoms with Gasteiger partial charge in [0, 0.05) is 30.0 Å². The highest BCUT2D eigenvalue weighted by Gasteiger charge is 2.48. The van der Waals surface area contributed by atoms with Crippen LogP contribution in [0, 0.1) is 17.6 Å². The fraction of sp³-hybridized carbons (Fsp3) is 0.524. The number of benzene rings is 1. The highest BCUT2D eigenvalue weighted by Crippen LogP contribution is 2.35. The van der Waals surface area contributed by atoms with Gasteiger partial charge in [-0.2, -0.15) is 4.31 Å². The molecule has 0 atom stereocenters. The Kier molecular flexibility index (Phi) is 5.76. The van der Waals surface area contributed by atoms with Crippen molar-refractivity contribution in [2.75, 3.05) is 13.1 Å². The molecule has 4 rings (SSSR count). The third-order valence-corrected chi connectivity index (χ3v) is 7.87. The van der Waals surface area contributed by atoms with Gasteiger partial charge >= 0.3 is 0 Å². The molecule has 1 saturated heterocycles. The van der Waals surface area contributed by atoms with Gasteiger partial charge in [-0.3, -0.25) is 9.79 Å². The molecule has 2 heterocycles. The SMILES string of the molecule is O=C1NC(C2CCCCC2)=NC12CCN(S(=O)(=O)C=Cc1cccc(F)c1F)CC2. The Morgan fingerprint density at radius 3 is 2.53 bits per heavy atom. The molecule has 6 nitrogen and oxygen atoms in total. The zero-order valence-corrected chi connectivity index (χ0v) is 17.4. The van der Waals surface area contributed by atoms with Gasteiger partial charge in [-0.25, -0.2) is 17.2 Å². The number of aliphatic imine (C=N–C) groups is 1. The van der Waals surface area contributed by atoms with E-state index >= 15 is 0 Å². The topological polar surface area (TPSA) is 78.8 Å². The van der Waals surface area contributed by atoms with E-state index in [0.29, 0.717) is 12.8 Å². The predicted molar refractivity (Wildman–Crippen MR) is 110 cm³/mol. The van der Waals surface area contributed by atoms with E-state index in [2.05, 4.69) is 5.32 Å². The Morgan fingerprint density at radius 2 is 1.83 bits per heavy atom. The molecule has 3 aliphatic rings. The van der Waals surface area contributed by atoms with Crippen LogP contribution in [-0.4, -0.2) is 43.1 Å². The van der Waals surface area contributed by atoms with Crippen molar-refractivity contribution in [3.05, 3.63) is 40.8 Å². The first kappa shape index (κ1) is 21.1. The van der Waals surface area contributed by atoms with Gasteiger partial charge in [-0.15, -0.1) is 0 Å². The Labute approximate surface area is 175 Å². The molecule has 30 heavy (non-hydrogen) atoms. The molecule has 1 spiro atoms. The fourth-order valence-electron chi connectivity index (χ4n) is 4.46. The zero-order chi connectivity index (χ0) is 21.4. The number of carbonyl (C=O) groups is 1. The zero-order valence-electron chi connectivity index (χ0n) is 16.6. The van der Waals surface area contributed by atoms with Crippen molar-refractivity contribution in [3.8, 4) is 0 Å². The van der Waals surface area contributed by atoms with Crippen LogP contribution < -0.4 is 5.32 Å². The van der Waals surface area contributed by atoms with Crippen LogP contribution >= 0.6 is 0 Å². The molecule has 1 amide bonds. The number of sulfonamides is 1. The fourth-order valence-corrected chi connectivity index (χ4v) is 5.64. The van der Waals surface area contributed by atoms with E-state index in [1.807, 2.05) is 0 Å². The number of amides is 1. The molecule has 1 N–H and O–H groups in total. The molecule has 1 aromatic rings. The summed E-state index contributed by atoms with van der Waals surface area (Å²) >= 11 is 0. The molecule has 0 aromatic heterocycles. The van der Waals surface area contributed by atoms with E-state index in [9.17, 15) is 22.0 Å². The summed E-state index contributed by atoms with van der Waals surface area (Å²) in [7, 11) is -3.83. The number of rotatable bonds is 4. The Balaban J connectivity index is 1.44. The number of hydrogen-bond acceptors (Lipinski definition) is 4. The summed E-state index contributed by atoms with van der Waals surface area (Å²) in [6, 6.07) is 3.59. The lowest BCUT2D eigenvalue weighted by Gasteiger charge is -2.34. The van der Waals surface area contributed by atoms with Crippen LogP contribution in [0.1, 0.15) is 50.5 Å². The first-order chi connectivity index (χ1) is 14.3. The first-order valence-electron chi connectivity index (χ1n) is 10.3. The molecule has 9 heteroatoms. The van der Waals surface area contributed by atoms with Crippen LogP contribution in [0.4, 0.5) is 8.78 Å². The largest absolute Gasteiger partial charge is 0.312 e. The minimum absolute atomic E-state index is 0.135. The van der Waals surface area contributed by atoms with Gasteiger partial charge < -0.3 is 5.32 Å². The molecular weight excluding hydrogens is 412 g/mol. The van der Waals surface area contributed by atoms with Crippen molar-refractivity contribution < 1.29 is 22.0 Å². The predicted octanol–water partition coefficient (Wildman–Crippen LogP) is 3.21. The quantitative estimate of drug-likeness (QED) is 0.786.